The molecular formula is C36H48O14. The van der Waals surface area contributed by atoms with Crippen LogP contribution in [-0.4, -0.2) is 96.8 Å². The van der Waals surface area contributed by atoms with Crippen LogP contribution in [0.3, 0.4) is 0 Å². The van der Waals surface area contributed by atoms with Crippen molar-refractivity contribution in [3.63, 3.8) is 0 Å². The van der Waals surface area contributed by atoms with Crippen molar-refractivity contribution in [2.45, 2.75) is 115 Å². The molecule has 0 aliphatic carbocycles. The van der Waals surface area contributed by atoms with Crippen molar-refractivity contribution in [3.05, 3.63) is 60.2 Å². The van der Waals surface area contributed by atoms with E-state index >= 15 is 0 Å². The van der Waals surface area contributed by atoms with E-state index in [1.54, 1.807) is 6.92 Å². The smallest absolute Gasteiger partial charge is 0.344 e. The summed E-state index contributed by atoms with van der Waals surface area (Å²) in [7, 11) is 0. The Hall–Kier alpha value is -4.11. The molecule has 3 rings (SSSR count). The highest BCUT2D eigenvalue weighted by atomic mass is 16.8. The topological polar surface area (TPSA) is 223 Å². The third-order valence-corrected chi connectivity index (χ3v) is 9.54. The minimum Gasteiger partial charge on any atom is -0.479 e. The Bertz CT molecular complexity index is 1460. The number of hydrogen-bond acceptors (Lipinski definition) is 11. The van der Waals surface area contributed by atoms with Crippen LogP contribution in [0.5, 0.6) is 0 Å². The zero-order valence-corrected chi connectivity index (χ0v) is 28.9. The van der Waals surface area contributed by atoms with Crippen LogP contribution < -0.4 is 0 Å². The van der Waals surface area contributed by atoms with E-state index in [1.165, 1.54) is 6.08 Å². The zero-order chi connectivity index (χ0) is 37.6. The van der Waals surface area contributed by atoms with Gasteiger partial charge in [0, 0.05) is 24.8 Å². The van der Waals surface area contributed by atoms with Crippen LogP contribution in [0, 0.1) is 17.8 Å². The number of carbonyl (C=O) groups is 5. The van der Waals surface area contributed by atoms with Crippen molar-refractivity contribution in [1.82, 2.24) is 0 Å². The summed E-state index contributed by atoms with van der Waals surface area (Å²) in [6.45, 7) is 13.3. The van der Waals surface area contributed by atoms with Gasteiger partial charge in [0.25, 0.3) is 0 Å². The Morgan fingerprint density at radius 1 is 1.02 bits per heavy atom. The average molecular weight is 705 g/mol. The molecule has 14 nitrogen and oxygen atoms in total. The van der Waals surface area contributed by atoms with Gasteiger partial charge in [-0.05, 0) is 42.2 Å². The maximum atomic E-state index is 13.1. The number of ether oxygens (including phenoxy) is 4. The van der Waals surface area contributed by atoms with Crippen LogP contribution in [0.15, 0.2) is 54.6 Å². The summed E-state index contributed by atoms with van der Waals surface area (Å²) in [5, 5.41) is 53.7. The van der Waals surface area contributed by atoms with Crippen molar-refractivity contribution < 1.29 is 68.5 Å². The first-order valence-corrected chi connectivity index (χ1v) is 16.7. The van der Waals surface area contributed by atoms with Gasteiger partial charge in [0.15, 0.2) is 6.10 Å². The summed E-state index contributed by atoms with van der Waals surface area (Å²) in [4.78, 5) is 63.4. The molecule has 2 aliphatic rings. The molecule has 2 aliphatic heterocycles. The standard InChI is InChI=1S/C36H48O14/c1-7-20(3)18-21(4)14-15-26(38)48-29-28(39)34(49-30(31(40)41)35(46,32(42)43)36(29,50-34)33(44)45)17-16-22(5)27(47-25(37)8-2)23(6)19-24-12-10-9-11-13-24/h9-15,20-21,23,27-30,39,46H,5,7-8,16-19H2,1-4,6H3,(H,40,41)(H,42,43)(H,44,45)/b15-14+/t20-,21+,23+,27+,28+,29+,30?,34?,35?,36?/m0/s1. The molecule has 0 spiro atoms. The predicted molar refractivity (Wildman–Crippen MR) is 175 cm³/mol. The Labute approximate surface area is 290 Å². The zero-order valence-electron chi connectivity index (χ0n) is 28.9. The van der Waals surface area contributed by atoms with Gasteiger partial charge in [-0.1, -0.05) is 84.0 Å². The van der Waals surface area contributed by atoms with Crippen LogP contribution in [0.4, 0.5) is 0 Å². The number of carbonyl (C=O) groups excluding carboxylic acids is 2. The molecule has 0 saturated carbocycles. The van der Waals surface area contributed by atoms with Crippen molar-refractivity contribution in [2.24, 2.45) is 17.8 Å². The fraction of sp³-hybridized carbons (Fsp3) is 0.583. The summed E-state index contributed by atoms with van der Waals surface area (Å²) in [6, 6.07) is 9.32. The average Bonchev–Trinajstić information content (AvgIpc) is 3.28. The minimum absolute atomic E-state index is 0.0454. The summed E-state index contributed by atoms with van der Waals surface area (Å²) in [5.74, 6) is -11.2. The molecule has 2 fully saturated rings. The first kappa shape index (κ1) is 40.3. The van der Waals surface area contributed by atoms with E-state index < -0.39 is 77.7 Å². The van der Waals surface area contributed by atoms with Gasteiger partial charge in [-0.25, -0.2) is 19.2 Å². The highest BCUT2D eigenvalue weighted by Crippen LogP contribution is 2.56. The summed E-state index contributed by atoms with van der Waals surface area (Å²) >= 11 is 0. The number of rotatable bonds is 18. The van der Waals surface area contributed by atoms with E-state index in [4.69, 9.17) is 18.9 Å². The van der Waals surface area contributed by atoms with Gasteiger partial charge in [-0.2, -0.15) is 0 Å². The van der Waals surface area contributed by atoms with Gasteiger partial charge >= 0.3 is 29.8 Å². The summed E-state index contributed by atoms with van der Waals surface area (Å²) < 4.78 is 22.2. The number of hydrogen-bond donors (Lipinski definition) is 5. The number of fused-ring (bicyclic) bond motifs is 2. The van der Waals surface area contributed by atoms with E-state index in [1.807, 2.05) is 58.0 Å². The molecule has 0 amide bonds. The lowest BCUT2D eigenvalue weighted by atomic mass is 9.74. The third kappa shape index (κ3) is 7.93. The number of carboxylic acids is 3. The number of aliphatic hydroxyl groups is 2. The number of carboxylic acid groups (broad SMARTS) is 3. The number of aliphatic carboxylic acids is 3. The van der Waals surface area contributed by atoms with Gasteiger partial charge in [0.2, 0.25) is 23.1 Å². The quantitative estimate of drug-likeness (QED) is 0.0841. The first-order chi connectivity index (χ1) is 23.4. The normalized spacial score (nSPS) is 29.8. The molecule has 1 aromatic rings. The van der Waals surface area contributed by atoms with E-state index in [0.717, 1.165) is 18.1 Å². The fourth-order valence-corrected chi connectivity index (χ4v) is 6.63. The van der Waals surface area contributed by atoms with Crippen molar-refractivity contribution in [3.8, 4) is 0 Å². The van der Waals surface area contributed by atoms with Crippen LogP contribution in [-0.2, 0) is 49.3 Å². The fourth-order valence-electron chi connectivity index (χ4n) is 6.63. The SMILES string of the molecule is C=C(CCC12OC(C(=O)O)C(O)(C(=O)O)C(C(=O)O)(O1)[C@H](OC(=O)/C=C/[C@@H](C)C[C@@H](C)CC)[C@H]2O)[C@@H](OC(=O)CC)[C@H](C)Cc1ccccc1. The van der Waals surface area contributed by atoms with Crippen molar-refractivity contribution >= 4 is 29.8 Å². The molecule has 4 unspecified atom stereocenters. The van der Waals surface area contributed by atoms with Gasteiger partial charge in [-0.3, -0.25) is 4.79 Å². The lowest BCUT2D eigenvalue weighted by Crippen LogP contribution is -2.78. The number of allylic oxidation sites excluding steroid dienone is 1. The second-order valence-corrected chi connectivity index (χ2v) is 13.3. The van der Waals surface area contributed by atoms with Crippen LogP contribution >= 0.6 is 0 Å². The van der Waals surface area contributed by atoms with E-state index in [9.17, 15) is 49.5 Å². The highest BCUT2D eigenvalue weighted by Gasteiger charge is 2.85. The maximum absolute atomic E-state index is 13.1. The Morgan fingerprint density at radius 3 is 2.20 bits per heavy atom. The molecular weight excluding hydrogens is 656 g/mol. The lowest BCUT2D eigenvalue weighted by molar-refractivity contribution is -0.374. The van der Waals surface area contributed by atoms with Gasteiger partial charge in [0.1, 0.15) is 12.2 Å². The first-order valence-electron chi connectivity index (χ1n) is 16.7. The predicted octanol–water partition coefficient (Wildman–Crippen LogP) is 3.27. The van der Waals surface area contributed by atoms with Crippen LogP contribution in [0.1, 0.15) is 72.3 Å². The Morgan fingerprint density at radius 2 is 1.66 bits per heavy atom. The van der Waals surface area contributed by atoms with Crippen molar-refractivity contribution in [1.29, 1.82) is 0 Å². The maximum Gasteiger partial charge on any atom is 0.344 e. The van der Waals surface area contributed by atoms with E-state index in [-0.39, 0.29) is 30.3 Å². The number of benzene rings is 1. The van der Waals surface area contributed by atoms with E-state index in [2.05, 4.69) is 6.58 Å². The lowest BCUT2D eigenvalue weighted by Gasteiger charge is -2.48. The molecule has 10 atom stereocenters. The molecule has 2 heterocycles. The molecule has 50 heavy (non-hydrogen) atoms. The number of aliphatic hydroxyl groups excluding tert-OH is 1. The summed E-state index contributed by atoms with van der Waals surface area (Å²) in [5.41, 5.74) is -6.26. The molecule has 276 valence electrons. The van der Waals surface area contributed by atoms with Gasteiger partial charge in [-0.15, -0.1) is 0 Å². The van der Waals surface area contributed by atoms with Crippen LogP contribution in [0.2, 0.25) is 0 Å². The Balaban J connectivity index is 2.02. The second-order valence-electron chi connectivity index (χ2n) is 13.3. The molecule has 5 N–H and O–H groups in total. The molecule has 0 aromatic heterocycles. The molecule has 2 bridgehead atoms. The minimum atomic E-state index is -3.90. The van der Waals surface area contributed by atoms with Gasteiger partial charge in [0.05, 0.1) is 0 Å². The van der Waals surface area contributed by atoms with Gasteiger partial charge < -0.3 is 44.5 Å². The van der Waals surface area contributed by atoms with Crippen molar-refractivity contribution in [2.75, 3.05) is 0 Å². The largest absolute Gasteiger partial charge is 0.479 e. The third-order valence-electron chi connectivity index (χ3n) is 9.54. The molecule has 1 aromatic carbocycles. The molecule has 2 saturated heterocycles. The van der Waals surface area contributed by atoms with Crippen LogP contribution in [0.25, 0.3) is 0 Å². The highest BCUT2D eigenvalue weighted by molar-refractivity contribution is 5.98. The summed E-state index contributed by atoms with van der Waals surface area (Å²) in [6.07, 6.45) is -4.77. The van der Waals surface area contributed by atoms with E-state index in [0.29, 0.717) is 18.8 Å². The number of esters is 2. The second kappa shape index (κ2) is 16.3. The Kier molecular flexibility index (Phi) is 13.1. The molecule has 14 heteroatoms. The molecule has 0 radical (unpaired) electrons. The monoisotopic (exact) mass is 704 g/mol.